The molecular formula is C50H83N3O14. The molecule has 0 radical (unpaired) electrons. The molecule has 0 aromatic heterocycles. The van der Waals surface area contributed by atoms with Crippen LogP contribution in [0.25, 0.3) is 0 Å². The van der Waals surface area contributed by atoms with Gasteiger partial charge in [-0.05, 0) is 100.0 Å². The summed E-state index contributed by atoms with van der Waals surface area (Å²) in [4.78, 5) is 87.1. The van der Waals surface area contributed by atoms with Crippen LogP contribution in [0.4, 0.5) is 4.79 Å². The van der Waals surface area contributed by atoms with E-state index in [2.05, 4.69) is 16.0 Å². The number of esters is 3. The maximum absolute atomic E-state index is 13.0. The van der Waals surface area contributed by atoms with Crippen LogP contribution in [0.2, 0.25) is 0 Å². The topological polar surface area (TPSA) is 220 Å². The lowest BCUT2D eigenvalue weighted by molar-refractivity contribution is -0.156. The van der Waals surface area contributed by atoms with Crippen molar-refractivity contribution in [3.63, 3.8) is 0 Å². The molecule has 0 atom stereocenters. The zero-order valence-electron chi connectivity index (χ0n) is 42.1. The van der Waals surface area contributed by atoms with Crippen molar-refractivity contribution in [1.29, 1.82) is 0 Å². The summed E-state index contributed by atoms with van der Waals surface area (Å²) in [6.45, 7) is 16.7. The summed E-state index contributed by atoms with van der Waals surface area (Å²) in [5, 5.41) is 8.66. The Kier molecular flexibility index (Phi) is 29.9. The van der Waals surface area contributed by atoms with Crippen molar-refractivity contribution in [2.24, 2.45) is 0 Å². The third kappa shape index (κ3) is 36.3. The molecule has 0 spiro atoms. The van der Waals surface area contributed by atoms with Gasteiger partial charge >= 0.3 is 24.0 Å². The van der Waals surface area contributed by atoms with Gasteiger partial charge in [0.25, 0.3) is 0 Å². The van der Waals surface area contributed by atoms with E-state index < -0.39 is 34.4 Å². The highest BCUT2D eigenvalue weighted by Crippen LogP contribution is 2.15. The number of amides is 2. The molecule has 382 valence electrons. The quantitative estimate of drug-likeness (QED) is 0.0349. The van der Waals surface area contributed by atoms with Crippen LogP contribution in [0.3, 0.4) is 0 Å². The largest absolute Gasteiger partial charge is 0.460 e. The highest BCUT2D eigenvalue weighted by Gasteiger charge is 2.33. The average molecular weight is 950 g/mol. The average Bonchev–Trinajstić information content (AvgIpc) is 3.22. The van der Waals surface area contributed by atoms with Crippen molar-refractivity contribution in [3.8, 4) is 0 Å². The molecule has 0 unspecified atom stereocenters. The van der Waals surface area contributed by atoms with Crippen molar-refractivity contribution >= 4 is 41.5 Å². The zero-order valence-corrected chi connectivity index (χ0v) is 42.1. The molecule has 0 heterocycles. The number of ketones is 2. The van der Waals surface area contributed by atoms with E-state index in [0.29, 0.717) is 83.7 Å². The molecule has 0 aliphatic heterocycles. The first kappa shape index (κ1) is 60.6. The summed E-state index contributed by atoms with van der Waals surface area (Å²) >= 11 is 0. The fourth-order valence-electron chi connectivity index (χ4n) is 6.15. The summed E-state index contributed by atoms with van der Waals surface area (Å²) in [5.41, 5.74) is -2.05. The molecule has 67 heavy (non-hydrogen) atoms. The molecule has 0 saturated heterocycles. The number of unbranched alkanes of at least 4 members (excludes halogenated alkanes) is 4. The second-order valence-electron chi connectivity index (χ2n) is 19.7. The van der Waals surface area contributed by atoms with Gasteiger partial charge in [-0.25, -0.2) is 4.79 Å². The number of carbonyl (C=O) groups is 7. The van der Waals surface area contributed by atoms with Gasteiger partial charge in [0.05, 0.1) is 51.7 Å². The van der Waals surface area contributed by atoms with Gasteiger partial charge in [0.15, 0.2) is 0 Å². The molecule has 1 rings (SSSR count). The number of ether oxygens (including phenoxy) is 7. The third-order valence-corrected chi connectivity index (χ3v) is 9.37. The number of hydrogen-bond acceptors (Lipinski definition) is 15. The number of nitrogens with one attached hydrogen (secondary N) is 3. The van der Waals surface area contributed by atoms with Gasteiger partial charge < -0.3 is 43.8 Å². The van der Waals surface area contributed by atoms with Gasteiger partial charge in [0, 0.05) is 58.0 Å². The number of rotatable bonds is 36. The van der Waals surface area contributed by atoms with E-state index in [9.17, 15) is 33.6 Å². The second kappa shape index (κ2) is 33.1. The maximum Gasteiger partial charge on any atom is 0.407 e. The van der Waals surface area contributed by atoms with E-state index in [1.807, 2.05) is 71.9 Å². The van der Waals surface area contributed by atoms with Crippen molar-refractivity contribution in [2.45, 2.75) is 181 Å². The molecule has 1 aromatic rings. The lowest BCUT2D eigenvalue weighted by atomic mass is 10.0. The number of hydrogen-bond donors (Lipinski definition) is 3. The van der Waals surface area contributed by atoms with E-state index in [1.165, 1.54) is 0 Å². The zero-order chi connectivity index (χ0) is 50.2. The smallest absolute Gasteiger partial charge is 0.407 e. The molecule has 2 amide bonds. The monoisotopic (exact) mass is 950 g/mol. The first-order valence-electron chi connectivity index (χ1n) is 23.8. The van der Waals surface area contributed by atoms with Gasteiger partial charge in [0.2, 0.25) is 5.91 Å². The summed E-state index contributed by atoms with van der Waals surface area (Å²) in [5.74, 6) is -1.33. The number of alkyl carbamates (subject to hydrolysis) is 1. The normalized spacial score (nSPS) is 12.0. The molecule has 0 fully saturated rings. The molecule has 0 aliphatic carbocycles. The van der Waals surface area contributed by atoms with Gasteiger partial charge in [-0.15, -0.1) is 0 Å². The Hall–Kier alpha value is -4.45. The Labute approximate surface area is 399 Å². The summed E-state index contributed by atoms with van der Waals surface area (Å²) in [6.07, 6.45) is 5.41. The molecule has 17 nitrogen and oxygen atoms in total. The molecule has 1 aromatic carbocycles. The lowest BCUT2D eigenvalue weighted by Gasteiger charge is -2.34. The minimum Gasteiger partial charge on any atom is -0.460 e. The summed E-state index contributed by atoms with van der Waals surface area (Å²) in [6, 6.07) is 9.24. The first-order valence-corrected chi connectivity index (χ1v) is 23.8. The molecule has 0 bridgehead atoms. The van der Waals surface area contributed by atoms with Crippen LogP contribution in [-0.4, -0.2) is 123 Å². The number of Topliss-reactive ketones (excluding diaryl/α,β-unsaturated/α-hetero) is 2. The van der Waals surface area contributed by atoms with E-state index >= 15 is 0 Å². The van der Waals surface area contributed by atoms with Crippen LogP contribution in [0.15, 0.2) is 30.3 Å². The van der Waals surface area contributed by atoms with Gasteiger partial charge in [-0.1, -0.05) is 43.2 Å². The second-order valence-corrected chi connectivity index (χ2v) is 19.7. The van der Waals surface area contributed by atoms with Crippen molar-refractivity contribution in [1.82, 2.24) is 16.0 Å². The van der Waals surface area contributed by atoms with Gasteiger partial charge in [-0.2, -0.15) is 0 Å². The fourth-order valence-corrected chi connectivity index (χ4v) is 6.15. The van der Waals surface area contributed by atoms with Crippen LogP contribution < -0.4 is 16.0 Å². The van der Waals surface area contributed by atoms with Crippen molar-refractivity contribution < 1.29 is 66.7 Å². The standard InChI is InChI=1S/C50H83N3O14/c1-47(2,3)65-43(57)24-17-11-15-22-40(54)26-31-61-36-50(53-34-45(59)64-35-39-20-13-10-14-21-39,37-62-32-27-41(55)23-16-12-18-25-44(58)66-48(4,5)6)38-63-33-28-42(56)51-29-19-30-52-46(60)67-49(7,8)9/h10,13-14,20-21,53H,11-12,15-19,22-38H2,1-9H3,(H,51,56)(H,52,60). The molecular weight excluding hydrogens is 867 g/mol. The minimum absolute atomic E-state index is 0.00260. The molecule has 17 heteroatoms. The van der Waals surface area contributed by atoms with Crippen LogP contribution >= 0.6 is 0 Å². The van der Waals surface area contributed by atoms with Crippen LogP contribution in [0.1, 0.15) is 158 Å². The highest BCUT2D eigenvalue weighted by atomic mass is 16.6. The maximum atomic E-state index is 13.0. The Morgan fingerprint density at radius 2 is 0.925 bits per heavy atom. The van der Waals surface area contributed by atoms with Gasteiger partial charge in [0.1, 0.15) is 35.0 Å². The van der Waals surface area contributed by atoms with Crippen LogP contribution in [-0.2, 0) is 68.5 Å². The summed E-state index contributed by atoms with van der Waals surface area (Å²) < 4.78 is 39.6. The highest BCUT2D eigenvalue weighted by molar-refractivity contribution is 5.79. The Bertz CT molecular complexity index is 1480. The predicted octanol–water partition coefficient (Wildman–Crippen LogP) is 7.03. The Balaban J connectivity index is 2.90. The third-order valence-electron chi connectivity index (χ3n) is 9.37. The first-order chi connectivity index (χ1) is 31.5. The summed E-state index contributed by atoms with van der Waals surface area (Å²) in [7, 11) is 0. The number of carbonyl (C=O) groups excluding carboxylic acids is 7. The van der Waals surface area contributed by atoms with E-state index in [-0.39, 0.29) is 101 Å². The SMILES string of the molecule is CC(C)(C)OC(=O)CCCCCC(=O)CCOCC(COCCC(=O)CCCCCC(=O)OC(C)(C)C)(COCCC(=O)NCCCNC(=O)OC(C)(C)C)NCC(=O)OCc1ccccc1. The molecule has 0 aliphatic rings. The minimum atomic E-state index is -1.16. The van der Waals surface area contributed by atoms with Crippen LogP contribution in [0, 0.1) is 0 Å². The van der Waals surface area contributed by atoms with Crippen molar-refractivity contribution in [3.05, 3.63) is 35.9 Å². The van der Waals surface area contributed by atoms with E-state index in [4.69, 9.17) is 33.2 Å². The Morgan fingerprint density at radius 3 is 1.40 bits per heavy atom. The van der Waals surface area contributed by atoms with E-state index in [1.54, 1.807) is 20.8 Å². The Morgan fingerprint density at radius 1 is 0.478 bits per heavy atom. The van der Waals surface area contributed by atoms with Gasteiger partial charge in [-0.3, -0.25) is 34.1 Å². The predicted molar refractivity (Wildman–Crippen MR) is 253 cm³/mol. The molecule has 0 saturated carbocycles. The van der Waals surface area contributed by atoms with Crippen molar-refractivity contribution in [2.75, 3.05) is 59.3 Å². The lowest BCUT2D eigenvalue weighted by Crippen LogP contribution is -2.58. The number of benzene rings is 1. The molecule has 3 N–H and O–H groups in total. The van der Waals surface area contributed by atoms with E-state index in [0.717, 1.165) is 5.56 Å². The van der Waals surface area contributed by atoms with Crippen LogP contribution in [0.5, 0.6) is 0 Å². The fraction of sp³-hybridized carbons (Fsp3) is 0.740.